The Morgan fingerprint density at radius 2 is 2.10 bits per heavy atom. The molecule has 10 heavy (non-hydrogen) atoms. The summed E-state index contributed by atoms with van der Waals surface area (Å²) in [6.45, 7) is 0. The Balaban J connectivity index is 2.07. The molecular formula is C9H14O. The molecule has 2 atom stereocenters. The van der Waals surface area contributed by atoms with Gasteiger partial charge in [0.05, 0.1) is 0 Å². The number of ketones is 1. The van der Waals surface area contributed by atoms with Gasteiger partial charge in [-0.15, -0.1) is 0 Å². The van der Waals surface area contributed by atoms with E-state index < -0.39 is 0 Å². The number of rotatable bonds is 0. The average molecular weight is 138 g/mol. The minimum atomic E-state index is 0.479. The molecule has 0 unspecified atom stereocenters. The smallest absolute Gasteiger partial charge is 0.135 e. The third-order valence-electron chi connectivity index (χ3n) is 3.04. The van der Waals surface area contributed by atoms with Gasteiger partial charge in [0, 0.05) is 12.3 Å². The van der Waals surface area contributed by atoms with E-state index >= 15 is 0 Å². The molecule has 0 amide bonds. The minimum Gasteiger partial charge on any atom is -0.299 e. The van der Waals surface area contributed by atoms with Crippen molar-refractivity contribution in [2.75, 3.05) is 0 Å². The van der Waals surface area contributed by atoms with Gasteiger partial charge in [0.15, 0.2) is 0 Å². The van der Waals surface area contributed by atoms with Crippen molar-refractivity contribution < 1.29 is 4.79 Å². The van der Waals surface area contributed by atoms with Crippen LogP contribution >= 0.6 is 0 Å². The predicted octanol–water partition coefficient (Wildman–Crippen LogP) is 2.16. The van der Waals surface area contributed by atoms with E-state index in [1.807, 2.05) is 0 Å². The Morgan fingerprint density at radius 3 is 2.90 bits per heavy atom. The Kier molecular flexibility index (Phi) is 1.51. The van der Waals surface area contributed by atoms with Gasteiger partial charge in [-0.1, -0.05) is 12.8 Å². The molecule has 2 aliphatic carbocycles. The van der Waals surface area contributed by atoms with Gasteiger partial charge in [-0.05, 0) is 25.2 Å². The SMILES string of the molecule is O=C1CC[C@H]2CCC[C@H]1C2. The van der Waals surface area contributed by atoms with Crippen LogP contribution in [0.3, 0.4) is 0 Å². The molecule has 0 N–H and O–H groups in total. The van der Waals surface area contributed by atoms with Crippen LogP contribution in [0.5, 0.6) is 0 Å². The quantitative estimate of drug-likeness (QED) is 0.501. The van der Waals surface area contributed by atoms with E-state index in [0.29, 0.717) is 11.7 Å². The summed E-state index contributed by atoms with van der Waals surface area (Å²) in [6, 6.07) is 0. The van der Waals surface area contributed by atoms with Crippen LogP contribution in [0.15, 0.2) is 0 Å². The fourth-order valence-electron chi connectivity index (χ4n) is 2.40. The molecule has 2 fully saturated rings. The van der Waals surface area contributed by atoms with E-state index in [4.69, 9.17) is 0 Å². The van der Waals surface area contributed by atoms with E-state index in [9.17, 15) is 4.79 Å². The summed E-state index contributed by atoms with van der Waals surface area (Å²) in [7, 11) is 0. The molecule has 1 heteroatoms. The highest BCUT2D eigenvalue weighted by Gasteiger charge is 2.31. The van der Waals surface area contributed by atoms with Crippen LogP contribution in [0.1, 0.15) is 38.5 Å². The first-order chi connectivity index (χ1) is 4.86. The first-order valence-corrected chi connectivity index (χ1v) is 4.39. The predicted molar refractivity (Wildman–Crippen MR) is 39.7 cm³/mol. The van der Waals surface area contributed by atoms with Crippen LogP contribution in [-0.2, 0) is 4.79 Å². The molecule has 0 aliphatic heterocycles. The zero-order chi connectivity index (χ0) is 6.97. The zero-order valence-corrected chi connectivity index (χ0v) is 6.31. The molecule has 0 spiro atoms. The molecule has 0 heterocycles. The monoisotopic (exact) mass is 138 g/mol. The summed E-state index contributed by atoms with van der Waals surface area (Å²) in [5.41, 5.74) is 0. The number of fused-ring (bicyclic) bond motifs is 2. The Hall–Kier alpha value is -0.330. The van der Waals surface area contributed by atoms with E-state index in [1.54, 1.807) is 0 Å². The number of hydrogen-bond donors (Lipinski definition) is 0. The second kappa shape index (κ2) is 2.37. The molecule has 1 nitrogen and oxygen atoms in total. The largest absolute Gasteiger partial charge is 0.299 e. The summed E-state index contributed by atoms with van der Waals surface area (Å²) in [4.78, 5) is 11.2. The summed E-state index contributed by atoms with van der Waals surface area (Å²) in [6.07, 6.45) is 7.18. The second-order valence-corrected chi connectivity index (χ2v) is 3.73. The lowest BCUT2D eigenvalue weighted by atomic mass is 9.72. The normalized spacial score (nSPS) is 39.8. The summed E-state index contributed by atoms with van der Waals surface area (Å²) in [5, 5.41) is 0. The summed E-state index contributed by atoms with van der Waals surface area (Å²) >= 11 is 0. The fourth-order valence-corrected chi connectivity index (χ4v) is 2.40. The van der Waals surface area contributed by atoms with Gasteiger partial charge in [0.1, 0.15) is 5.78 Å². The molecule has 2 aliphatic rings. The molecule has 0 radical (unpaired) electrons. The van der Waals surface area contributed by atoms with Crippen LogP contribution in [0, 0.1) is 11.8 Å². The van der Waals surface area contributed by atoms with Crippen molar-refractivity contribution >= 4 is 5.78 Å². The third-order valence-corrected chi connectivity index (χ3v) is 3.04. The van der Waals surface area contributed by atoms with E-state index in [2.05, 4.69) is 0 Å². The van der Waals surface area contributed by atoms with Crippen LogP contribution in [0.2, 0.25) is 0 Å². The average Bonchev–Trinajstić information content (AvgIpc) is 1.99. The van der Waals surface area contributed by atoms with Crippen molar-refractivity contribution in [2.24, 2.45) is 11.8 Å². The molecule has 0 aromatic heterocycles. The highest BCUT2D eigenvalue weighted by Crippen LogP contribution is 2.37. The topological polar surface area (TPSA) is 17.1 Å². The molecule has 0 aromatic rings. The highest BCUT2D eigenvalue weighted by molar-refractivity contribution is 5.81. The first kappa shape index (κ1) is 6.38. The highest BCUT2D eigenvalue weighted by atomic mass is 16.1. The molecule has 56 valence electrons. The van der Waals surface area contributed by atoms with Gasteiger partial charge in [-0.2, -0.15) is 0 Å². The van der Waals surface area contributed by atoms with Crippen molar-refractivity contribution in [3.05, 3.63) is 0 Å². The van der Waals surface area contributed by atoms with Crippen molar-refractivity contribution in [3.8, 4) is 0 Å². The number of hydrogen-bond acceptors (Lipinski definition) is 1. The maximum atomic E-state index is 11.2. The lowest BCUT2D eigenvalue weighted by molar-refractivity contribution is -0.127. The Bertz CT molecular complexity index is 151. The Morgan fingerprint density at radius 1 is 1.20 bits per heavy atom. The lowest BCUT2D eigenvalue weighted by Gasteiger charge is -2.32. The molecule has 2 saturated carbocycles. The molecule has 0 aromatic carbocycles. The first-order valence-electron chi connectivity index (χ1n) is 4.39. The second-order valence-electron chi connectivity index (χ2n) is 3.73. The lowest BCUT2D eigenvalue weighted by Crippen LogP contribution is -2.28. The van der Waals surface area contributed by atoms with Crippen LogP contribution in [0.25, 0.3) is 0 Å². The molecule has 2 bridgehead atoms. The van der Waals surface area contributed by atoms with Gasteiger partial charge >= 0.3 is 0 Å². The van der Waals surface area contributed by atoms with Crippen molar-refractivity contribution in [2.45, 2.75) is 38.5 Å². The van der Waals surface area contributed by atoms with Gasteiger partial charge in [0.25, 0.3) is 0 Å². The van der Waals surface area contributed by atoms with E-state index in [0.717, 1.165) is 12.3 Å². The maximum absolute atomic E-state index is 11.2. The summed E-state index contributed by atoms with van der Waals surface area (Å²) in [5.74, 6) is 1.94. The standard InChI is InChI=1S/C9H14O/c10-9-5-4-7-2-1-3-8(9)6-7/h7-8H,1-6H2/t7-,8+/m1/s1. The van der Waals surface area contributed by atoms with Gasteiger partial charge in [-0.25, -0.2) is 0 Å². The number of Topliss-reactive ketones (excluding diaryl/α,β-unsaturated/α-hetero) is 1. The molecule has 2 rings (SSSR count). The zero-order valence-electron chi connectivity index (χ0n) is 6.31. The summed E-state index contributed by atoms with van der Waals surface area (Å²) < 4.78 is 0. The van der Waals surface area contributed by atoms with E-state index in [1.165, 1.54) is 32.1 Å². The van der Waals surface area contributed by atoms with Gasteiger partial charge < -0.3 is 0 Å². The van der Waals surface area contributed by atoms with Gasteiger partial charge in [-0.3, -0.25) is 4.79 Å². The van der Waals surface area contributed by atoms with Crippen LogP contribution in [-0.4, -0.2) is 5.78 Å². The van der Waals surface area contributed by atoms with Gasteiger partial charge in [0.2, 0.25) is 0 Å². The Labute approximate surface area is 61.8 Å². The maximum Gasteiger partial charge on any atom is 0.135 e. The van der Waals surface area contributed by atoms with Crippen LogP contribution < -0.4 is 0 Å². The number of carbonyl (C=O) groups is 1. The van der Waals surface area contributed by atoms with Crippen molar-refractivity contribution in [1.82, 2.24) is 0 Å². The fraction of sp³-hybridized carbons (Fsp3) is 0.889. The minimum absolute atomic E-state index is 0.479. The van der Waals surface area contributed by atoms with Crippen molar-refractivity contribution in [3.63, 3.8) is 0 Å². The number of carbonyl (C=O) groups excluding carboxylic acids is 1. The third kappa shape index (κ3) is 0.979. The van der Waals surface area contributed by atoms with Crippen LogP contribution in [0.4, 0.5) is 0 Å². The molecule has 0 saturated heterocycles. The molecular weight excluding hydrogens is 124 g/mol. The van der Waals surface area contributed by atoms with E-state index in [-0.39, 0.29) is 0 Å². The van der Waals surface area contributed by atoms with Crippen molar-refractivity contribution in [1.29, 1.82) is 0 Å².